The quantitative estimate of drug-likeness (QED) is 0.191. The lowest BCUT2D eigenvalue weighted by Crippen LogP contribution is -2.10. The lowest BCUT2D eigenvalue weighted by atomic mass is 10.0. The Balaban J connectivity index is 1.30. The first-order chi connectivity index (χ1) is 23.3. The summed E-state index contributed by atoms with van der Waals surface area (Å²) < 4.78 is 5.03. The summed E-state index contributed by atoms with van der Waals surface area (Å²) in [6.07, 6.45) is 0. The maximum absolute atomic E-state index is 2.46. The maximum atomic E-state index is 2.46. The summed E-state index contributed by atoms with van der Waals surface area (Å²) in [4.78, 5) is 2.46. The summed E-state index contributed by atoms with van der Waals surface area (Å²) in [6, 6.07) is 62.0. The SMILES string of the molecule is c1ccc(-n2c3ccccc3c3ccc(N(c4ccc5ccccc5c4)c4cccc5sc6c7ccccc7ccc6c45)cc32)cc1. The second-order valence-corrected chi connectivity index (χ2v) is 13.2. The predicted molar refractivity (Wildman–Crippen MR) is 203 cm³/mol. The van der Waals surface area contributed by atoms with Crippen LogP contribution in [0, 0.1) is 0 Å². The number of thiophene rings is 1. The van der Waals surface area contributed by atoms with Gasteiger partial charge < -0.3 is 9.47 Å². The van der Waals surface area contributed by atoms with Crippen LogP contribution in [0.15, 0.2) is 170 Å². The molecule has 2 nitrogen and oxygen atoms in total. The van der Waals surface area contributed by atoms with Crippen LogP contribution in [-0.2, 0) is 0 Å². The largest absolute Gasteiger partial charge is 0.310 e. The average Bonchev–Trinajstić information content (AvgIpc) is 3.68. The van der Waals surface area contributed by atoms with Gasteiger partial charge in [0.1, 0.15) is 0 Å². The zero-order valence-corrected chi connectivity index (χ0v) is 26.3. The molecule has 220 valence electrons. The lowest BCUT2D eigenvalue weighted by Gasteiger charge is -2.27. The molecule has 0 bridgehead atoms. The number of para-hydroxylation sites is 2. The normalized spacial score (nSPS) is 11.8. The van der Waals surface area contributed by atoms with Crippen LogP contribution in [0.2, 0.25) is 0 Å². The van der Waals surface area contributed by atoms with E-state index >= 15 is 0 Å². The highest BCUT2D eigenvalue weighted by Crippen LogP contribution is 2.47. The van der Waals surface area contributed by atoms with Crippen LogP contribution >= 0.6 is 11.3 Å². The van der Waals surface area contributed by atoms with Gasteiger partial charge >= 0.3 is 0 Å². The average molecular weight is 617 g/mol. The second-order valence-electron chi connectivity index (χ2n) is 12.2. The number of benzene rings is 8. The fraction of sp³-hybridized carbons (Fsp3) is 0. The number of anilines is 3. The van der Waals surface area contributed by atoms with Gasteiger partial charge in [-0.05, 0) is 76.1 Å². The minimum atomic E-state index is 1.13. The van der Waals surface area contributed by atoms with Gasteiger partial charge in [0.2, 0.25) is 0 Å². The van der Waals surface area contributed by atoms with Gasteiger partial charge in [0.25, 0.3) is 0 Å². The molecular weight excluding hydrogens is 589 g/mol. The molecule has 3 heteroatoms. The molecule has 0 saturated heterocycles. The van der Waals surface area contributed by atoms with Crippen molar-refractivity contribution in [1.82, 2.24) is 4.57 Å². The number of hydrogen-bond acceptors (Lipinski definition) is 2. The summed E-state index contributed by atoms with van der Waals surface area (Å²) in [5.41, 5.74) is 7.00. The highest BCUT2D eigenvalue weighted by molar-refractivity contribution is 7.26. The van der Waals surface area contributed by atoms with E-state index in [0.29, 0.717) is 0 Å². The van der Waals surface area contributed by atoms with E-state index in [0.717, 1.165) is 17.1 Å². The molecule has 47 heavy (non-hydrogen) atoms. The van der Waals surface area contributed by atoms with Crippen molar-refractivity contribution >= 4 is 91.9 Å². The number of aromatic nitrogens is 1. The minimum Gasteiger partial charge on any atom is -0.310 e. The zero-order valence-electron chi connectivity index (χ0n) is 25.5. The molecule has 0 atom stereocenters. The molecule has 0 aliphatic heterocycles. The van der Waals surface area contributed by atoms with E-state index in [4.69, 9.17) is 0 Å². The van der Waals surface area contributed by atoms with E-state index in [9.17, 15) is 0 Å². The van der Waals surface area contributed by atoms with E-state index in [2.05, 4.69) is 179 Å². The van der Waals surface area contributed by atoms with Crippen LogP contribution < -0.4 is 4.90 Å². The first-order valence-electron chi connectivity index (χ1n) is 16.0. The van der Waals surface area contributed by atoms with Crippen LogP contribution in [0.25, 0.3) is 69.2 Å². The van der Waals surface area contributed by atoms with Crippen LogP contribution in [0.3, 0.4) is 0 Å². The summed E-state index contributed by atoms with van der Waals surface area (Å²) >= 11 is 1.89. The van der Waals surface area contributed by atoms with Crippen molar-refractivity contribution in [3.63, 3.8) is 0 Å². The number of fused-ring (bicyclic) bond motifs is 9. The molecule has 0 aliphatic rings. The molecule has 2 heterocycles. The third-order valence-corrected chi connectivity index (χ3v) is 10.7. The molecular formula is C44H28N2S. The molecule has 0 saturated carbocycles. The number of nitrogens with zero attached hydrogens (tertiary/aromatic N) is 2. The van der Waals surface area contributed by atoms with Gasteiger partial charge in [0, 0.05) is 48.0 Å². The monoisotopic (exact) mass is 616 g/mol. The van der Waals surface area contributed by atoms with Crippen molar-refractivity contribution in [3.8, 4) is 5.69 Å². The standard InChI is InChI=1S/C44H28N2S/c1-2-14-32(15-3-1)46-39-18-9-8-17-36(39)37-26-24-34(28-41(37)46)45(33-23-21-29-11-4-5-13-31(29)27-33)40-19-10-20-42-43(40)38-25-22-30-12-6-7-16-35(30)44(38)47-42/h1-28H. The Kier molecular flexibility index (Phi) is 5.78. The second kappa shape index (κ2) is 10.3. The van der Waals surface area contributed by atoms with Crippen molar-refractivity contribution in [2.75, 3.05) is 4.90 Å². The number of rotatable bonds is 4. The molecule has 0 N–H and O–H groups in total. The first-order valence-corrected chi connectivity index (χ1v) is 16.8. The molecule has 0 fully saturated rings. The zero-order chi connectivity index (χ0) is 30.9. The Hall–Kier alpha value is -5.90. The number of hydrogen-bond donors (Lipinski definition) is 0. The molecule has 2 aromatic heterocycles. The summed E-state index contributed by atoms with van der Waals surface area (Å²) in [6.45, 7) is 0. The van der Waals surface area contributed by atoms with Gasteiger partial charge in [-0.1, -0.05) is 115 Å². The molecule has 8 aromatic carbocycles. The Bertz CT molecular complexity index is 2810. The van der Waals surface area contributed by atoms with Crippen LogP contribution in [-0.4, -0.2) is 4.57 Å². The van der Waals surface area contributed by atoms with Crippen LogP contribution in [0.1, 0.15) is 0 Å². The van der Waals surface area contributed by atoms with Gasteiger partial charge in [0.05, 0.1) is 16.7 Å². The van der Waals surface area contributed by atoms with Gasteiger partial charge in [-0.2, -0.15) is 0 Å². The van der Waals surface area contributed by atoms with Crippen LogP contribution in [0.5, 0.6) is 0 Å². The topological polar surface area (TPSA) is 8.17 Å². The lowest BCUT2D eigenvalue weighted by molar-refractivity contribution is 1.18. The molecule has 0 amide bonds. The molecule has 10 aromatic rings. The Morgan fingerprint density at radius 2 is 1.09 bits per heavy atom. The molecule has 0 unspecified atom stereocenters. The summed E-state index contributed by atoms with van der Waals surface area (Å²) in [5.74, 6) is 0. The van der Waals surface area contributed by atoms with Crippen molar-refractivity contribution < 1.29 is 0 Å². The third kappa shape index (κ3) is 4.04. The van der Waals surface area contributed by atoms with Gasteiger partial charge in [-0.25, -0.2) is 0 Å². The van der Waals surface area contributed by atoms with E-state index in [1.54, 1.807) is 0 Å². The summed E-state index contributed by atoms with van der Waals surface area (Å²) in [7, 11) is 0. The predicted octanol–water partition coefficient (Wildman–Crippen LogP) is 12.9. The smallest absolute Gasteiger partial charge is 0.0561 e. The highest BCUT2D eigenvalue weighted by atomic mass is 32.1. The Labute approximate surface area is 276 Å². The Morgan fingerprint density at radius 3 is 1.98 bits per heavy atom. The maximum Gasteiger partial charge on any atom is 0.0561 e. The van der Waals surface area contributed by atoms with E-state index in [1.807, 2.05) is 11.3 Å². The Morgan fingerprint density at radius 1 is 0.426 bits per heavy atom. The van der Waals surface area contributed by atoms with Gasteiger partial charge in [-0.3, -0.25) is 0 Å². The van der Waals surface area contributed by atoms with Crippen molar-refractivity contribution in [2.24, 2.45) is 0 Å². The summed E-state index contributed by atoms with van der Waals surface area (Å²) in [5, 5.41) is 10.1. The van der Waals surface area contributed by atoms with Crippen molar-refractivity contribution in [3.05, 3.63) is 170 Å². The molecule has 10 rings (SSSR count). The first kappa shape index (κ1) is 26.3. The third-order valence-electron chi connectivity index (χ3n) is 9.53. The van der Waals surface area contributed by atoms with Crippen molar-refractivity contribution in [1.29, 1.82) is 0 Å². The van der Waals surface area contributed by atoms with E-state index in [1.165, 1.54) is 69.2 Å². The molecule has 0 radical (unpaired) electrons. The van der Waals surface area contributed by atoms with Crippen LogP contribution in [0.4, 0.5) is 17.1 Å². The fourth-order valence-corrected chi connectivity index (χ4v) is 8.68. The van der Waals surface area contributed by atoms with E-state index in [-0.39, 0.29) is 0 Å². The van der Waals surface area contributed by atoms with Crippen molar-refractivity contribution in [2.45, 2.75) is 0 Å². The minimum absolute atomic E-state index is 1.13. The molecule has 0 spiro atoms. The molecule has 0 aliphatic carbocycles. The van der Waals surface area contributed by atoms with E-state index < -0.39 is 0 Å². The van der Waals surface area contributed by atoms with Gasteiger partial charge in [-0.15, -0.1) is 11.3 Å². The fourth-order valence-electron chi connectivity index (χ4n) is 7.42. The highest BCUT2D eigenvalue weighted by Gasteiger charge is 2.21. The van der Waals surface area contributed by atoms with Gasteiger partial charge in [0.15, 0.2) is 0 Å².